The third kappa shape index (κ3) is 8.61. The van der Waals surface area contributed by atoms with Crippen LogP contribution in [0, 0.1) is 22.2 Å². The minimum atomic E-state index is -0.485. The molecule has 49 heavy (non-hydrogen) atoms. The Bertz CT molecular complexity index is 1720. The molecule has 3 N–H and O–H groups in total. The van der Waals surface area contributed by atoms with Crippen molar-refractivity contribution in [2.75, 3.05) is 28.2 Å². The van der Waals surface area contributed by atoms with Gasteiger partial charge in [0, 0.05) is 33.6 Å². The van der Waals surface area contributed by atoms with Crippen LogP contribution < -0.4 is 5.32 Å². The predicted molar refractivity (Wildman–Crippen MR) is 203 cm³/mol. The molecule has 0 aliphatic rings. The number of carbonyl (C=O) groups is 1. The summed E-state index contributed by atoms with van der Waals surface area (Å²) in [6.45, 7) is 21.1. The van der Waals surface area contributed by atoms with Crippen molar-refractivity contribution in [2.45, 2.75) is 81.3 Å². The Labute approximate surface area is 294 Å². The summed E-state index contributed by atoms with van der Waals surface area (Å²) < 4.78 is 0. The van der Waals surface area contributed by atoms with E-state index in [1.54, 1.807) is 0 Å². The van der Waals surface area contributed by atoms with Gasteiger partial charge in [-0.25, -0.2) is 15.0 Å². The first-order chi connectivity index (χ1) is 22.7. The van der Waals surface area contributed by atoms with Crippen molar-refractivity contribution in [3.8, 4) is 33.6 Å². The van der Waals surface area contributed by atoms with E-state index in [4.69, 9.17) is 15.0 Å². The molecule has 1 amide bonds. The molecule has 0 aliphatic carbocycles. The van der Waals surface area contributed by atoms with E-state index in [2.05, 4.69) is 119 Å². The molecule has 0 aliphatic heterocycles. The van der Waals surface area contributed by atoms with E-state index >= 15 is 0 Å². The second-order valence-electron chi connectivity index (χ2n) is 16.7. The number of imidazole rings is 2. The fourth-order valence-electron chi connectivity index (χ4n) is 5.62. The zero-order valence-electron chi connectivity index (χ0n) is 32.1. The average molecular weight is 667 g/mol. The van der Waals surface area contributed by atoms with E-state index in [0.29, 0.717) is 0 Å². The number of H-pyrrole nitrogens is 2. The molecular formula is C40H58N8O. The second-order valence-corrected chi connectivity index (χ2v) is 16.7. The summed E-state index contributed by atoms with van der Waals surface area (Å²) in [5, 5.41) is 3.29. The number of hydrogen-bond donors (Lipinski definition) is 3. The average Bonchev–Trinajstić information content (AvgIpc) is 3.69. The van der Waals surface area contributed by atoms with Gasteiger partial charge in [0.05, 0.1) is 29.8 Å². The summed E-state index contributed by atoms with van der Waals surface area (Å²) in [5.41, 5.74) is 5.39. The first-order valence-corrected chi connectivity index (χ1v) is 17.2. The van der Waals surface area contributed by atoms with Crippen LogP contribution in [-0.4, -0.2) is 69.8 Å². The molecule has 2 atom stereocenters. The first-order valence-electron chi connectivity index (χ1n) is 17.2. The molecule has 2 aromatic carbocycles. The van der Waals surface area contributed by atoms with Gasteiger partial charge in [0.2, 0.25) is 5.91 Å². The number of aromatic amines is 2. The van der Waals surface area contributed by atoms with Gasteiger partial charge in [-0.2, -0.15) is 0 Å². The smallest absolute Gasteiger partial charge is 0.226 e. The van der Waals surface area contributed by atoms with E-state index in [-0.39, 0.29) is 34.7 Å². The number of guanidine groups is 1. The van der Waals surface area contributed by atoms with Gasteiger partial charge in [-0.05, 0) is 39.0 Å². The number of hydrogen-bond acceptors (Lipinski definition) is 4. The number of amides is 1. The van der Waals surface area contributed by atoms with Crippen molar-refractivity contribution in [1.82, 2.24) is 35.1 Å². The normalized spacial score (nSPS) is 13.6. The van der Waals surface area contributed by atoms with Gasteiger partial charge < -0.3 is 25.1 Å². The number of nitrogens with zero attached hydrogens (tertiary/aromatic N) is 5. The van der Waals surface area contributed by atoms with Crippen molar-refractivity contribution < 1.29 is 4.79 Å². The van der Waals surface area contributed by atoms with Crippen LogP contribution >= 0.6 is 0 Å². The van der Waals surface area contributed by atoms with Crippen molar-refractivity contribution in [2.24, 2.45) is 27.2 Å². The Morgan fingerprint density at radius 2 is 1.08 bits per heavy atom. The highest BCUT2D eigenvalue weighted by molar-refractivity contribution is 5.82. The van der Waals surface area contributed by atoms with Gasteiger partial charge >= 0.3 is 0 Å². The van der Waals surface area contributed by atoms with Crippen LogP contribution in [-0.2, 0) is 4.79 Å². The topological polar surface area (TPSA) is 105 Å². The minimum absolute atomic E-state index is 0.0329. The molecule has 1 unspecified atom stereocenters. The maximum Gasteiger partial charge on any atom is 0.226 e. The van der Waals surface area contributed by atoms with Crippen LogP contribution in [0.25, 0.3) is 33.6 Å². The molecule has 0 saturated carbocycles. The molecule has 4 rings (SSSR count). The fraction of sp³-hybridized carbons (Fsp3) is 0.500. The zero-order valence-corrected chi connectivity index (χ0v) is 32.1. The quantitative estimate of drug-likeness (QED) is 0.123. The predicted octanol–water partition coefficient (Wildman–Crippen LogP) is 8.59. The molecule has 0 bridgehead atoms. The molecule has 0 fully saturated rings. The Hall–Kier alpha value is -4.40. The van der Waals surface area contributed by atoms with Crippen molar-refractivity contribution in [3.05, 3.63) is 72.6 Å². The van der Waals surface area contributed by atoms with Crippen LogP contribution in [0.2, 0.25) is 0 Å². The molecule has 0 radical (unpaired) electrons. The van der Waals surface area contributed by atoms with E-state index in [9.17, 15) is 4.79 Å². The highest BCUT2D eigenvalue weighted by atomic mass is 16.2. The summed E-state index contributed by atoms with van der Waals surface area (Å²) in [4.78, 5) is 39.0. The van der Waals surface area contributed by atoms with E-state index < -0.39 is 5.41 Å². The molecular weight excluding hydrogens is 608 g/mol. The largest absolute Gasteiger partial charge is 0.349 e. The van der Waals surface area contributed by atoms with Crippen molar-refractivity contribution >= 4 is 11.9 Å². The van der Waals surface area contributed by atoms with Gasteiger partial charge in [0.1, 0.15) is 17.7 Å². The molecule has 2 heterocycles. The summed E-state index contributed by atoms with van der Waals surface area (Å²) in [6, 6.07) is 16.6. The van der Waals surface area contributed by atoms with E-state index in [0.717, 1.165) is 51.3 Å². The number of benzene rings is 2. The highest BCUT2D eigenvalue weighted by Crippen LogP contribution is 2.37. The summed E-state index contributed by atoms with van der Waals surface area (Å²) in [7, 11) is 8.04. The molecule has 264 valence electrons. The molecule has 0 spiro atoms. The Balaban J connectivity index is 1.52. The zero-order chi connectivity index (χ0) is 36.5. The minimum Gasteiger partial charge on any atom is -0.349 e. The van der Waals surface area contributed by atoms with Crippen LogP contribution in [0.4, 0.5) is 0 Å². The number of rotatable bonds is 9. The van der Waals surface area contributed by atoms with Gasteiger partial charge in [-0.1, -0.05) is 118 Å². The molecule has 9 nitrogen and oxygen atoms in total. The standard InChI is InChI=1S/C40H58N8O/c1-25(2)40(9,10)36(49)45-32(38(3,4)5)34-41-23-30(43-34)28-19-15-26(16-20-28)27-17-21-29(22-18-27)31-24-42-35(44-31)33(39(6,7)8)46-37(47(11)12)48(13)14/h15-25,32-33H,1-14H3,(H,41,43)(H,42,44)(H,45,49)/t32-,33?/m1/s1. The lowest BCUT2D eigenvalue weighted by Gasteiger charge is -2.35. The van der Waals surface area contributed by atoms with Crippen LogP contribution in [0.1, 0.15) is 93.0 Å². The number of aromatic nitrogens is 4. The number of carbonyl (C=O) groups excluding carboxylic acids is 1. The first kappa shape index (κ1) is 37.4. The maximum atomic E-state index is 13.3. The summed E-state index contributed by atoms with van der Waals surface area (Å²) >= 11 is 0. The van der Waals surface area contributed by atoms with Crippen molar-refractivity contribution in [3.63, 3.8) is 0 Å². The van der Waals surface area contributed by atoms with Crippen LogP contribution in [0.3, 0.4) is 0 Å². The van der Waals surface area contributed by atoms with Gasteiger partial charge in [-0.15, -0.1) is 0 Å². The summed E-state index contributed by atoms with van der Waals surface area (Å²) in [6.07, 6.45) is 3.76. The lowest BCUT2D eigenvalue weighted by Crippen LogP contribution is -2.45. The maximum absolute atomic E-state index is 13.3. The van der Waals surface area contributed by atoms with Crippen LogP contribution in [0.15, 0.2) is 65.9 Å². The van der Waals surface area contributed by atoms with Gasteiger partial charge in [0.25, 0.3) is 0 Å². The molecule has 0 saturated heterocycles. The Morgan fingerprint density at radius 1 is 0.673 bits per heavy atom. The summed E-state index contributed by atoms with van der Waals surface area (Å²) in [5.74, 6) is 2.75. The second kappa shape index (κ2) is 14.2. The molecule has 4 aromatic rings. The third-order valence-electron chi connectivity index (χ3n) is 9.48. The van der Waals surface area contributed by atoms with E-state index in [1.807, 2.05) is 64.2 Å². The SMILES string of the molecule is CC(C)C(C)(C)C(=O)N[C@H](c1ncc(-c2ccc(-c3ccc(-c4cnc(C(N=C(N(C)C)N(C)C)C(C)(C)C)[nH]4)cc3)cc2)[nH]1)C(C)(C)C. The fourth-order valence-corrected chi connectivity index (χ4v) is 5.62. The third-order valence-corrected chi connectivity index (χ3v) is 9.48. The van der Waals surface area contributed by atoms with Crippen molar-refractivity contribution in [1.29, 1.82) is 0 Å². The van der Waals surface area contributed by atoms with Gasteiger partial charge in [-0.3, -0.25) is 4.79 Å². The lowest BCUT2D eigenvalue weighted by atomic mass is 9.79. The monoisotopic (exact) mass is 666 g/mol. The van der Waals surface area contributed by atoms with E-state index in [1.165, 1.54) is 0 Å². The molecule has 9 heteroatoms. The highest BCUT2D eigenvalue weighted by Gasteiger charge is 2.37. The lowest BCUT2D eigenvalue weighted by molar-refractivity contribution is -0.133. The molecule has 2 aromatic heterocycles. The Kier molecular flexibility index (Phi) is 10.9. The van der Waals surface area contributed by atoms with Gasteiger partial charge in [0.15, 0.2) is 5.96 Å². The number of nitrogens with one attached hydrogen (secondary N) is 3. The number of aliphatic imine (C=N–C) groups is 1. The van der Waals surface area contributed by atoms with Crippen LogP contribution in [0.5, 0.6) is 0 Å². The Morgan fingerprint density at radius 3 is 1.47 bits per heavy atom.